The molecule has 0 aliphatic carbocycles. The van der Waals surface area contributed by atoms with Crippen LogP contribution in [0.5, 0.6) is 0 Å². The molecule has 0 radical (unpaired) electrons. The predicted octanol–water partition coefficient (Wildman–Crippen LogP) is 5.05. The number of nitroso groups, excluding NO2 is 1. The first-order valence-corrected chi connectivity index (χ1v) is 9.44. The third kappa shape index (κ3) is 8.39. The van der Waals surface area contributed by atoms with Crippen molar-refractivity contribution in [2.45, 2.75) is 46.1 Å². The zero-order valence-electron chi connectivity index (χ0n) is 17.1. The first kappa shape index (κ1) is 22.5. The predicted molar refractivity (Wildman–Crippen MR) is 109 cm³/mol. The van der Waals surface area contributed by atoms with E-state index in [0.29, 0.717) is 19.8 Å². The second-order valence-electron chi connectivity index (χ2n) is 7.69. The van der Waals surface area contributed by atoms with Crippen molar-refractivity contribution < 1.29 is 18.7 Å². The molecular weight excluding hydrogens is 375 g/mol. The number of rotatable bonds is 9. The van der Waals surface area contributed by atoms with Crippen LogP contribution in [0.3, 0.4) is 0 Å². The Balaban J connectivity index is 1.90. The molecule has 2 rings (SSSR count). The molecule has 0 fully saturated rings. The Morgan fingerprint density at radius 2 is 1.69 bits per heavy atom. The quantitative estimate of drug-likeness (QED) is 0.551. The molecule has 1 amide bonds. The SMILES string of the molecule is CC(C)(C)OC(=O)N(CCN=O)Cc1ccc(COCc2cccc(F)c2)cc1. The summed E-state index contributed by atoms with van der Waals surface area (Å²) in [4.78, 5) is 24.3. The van der Waals surface area contributed by atoms with E-state index in [1.54, 1.807) is 26.8 Å². The van der Waals surface area contributed by atoms with Crippen molar-refractivity contribution in [2.75, 3.05) is 13.1 Å². The molecule has 0 aliphatic rings. The summed E-state index contributed by atoms with van der Waals surface area (Å²) in [7, 11) is 0. The Labute approximate surface area is 170 Å². The van der Waals surface area contributed by atoms with Crippen LogP contribution in [0.15, 0.2) is 53.7 Å². The van der Waals surface area contributed by atoms with Crippen LogP contribution in [0.25, 0.3) is 0 Å². The number of carbonyl (C=O) groups excluding carboxylic acids is 1. The van der Waals surface area contributed by atoms with Crippen LogP contribution >= 0.6 is 0 Å². The molecule has 0 atom stereocenters. The van der Waals surface area contributed by atoms with Gasteiger partial charge in [-0.2, -0.15) is 4.91 Å². The highest BCUT2D eigenvalue weighted by atomic mass is 19.1. The van der Waals surface area contributed by atoms with Gasteiger partial charge in [-0.05, 0) is 49.6 Å². The van der Waals surface area contributed by atoms with Gasteiger partial charge in [-0.3, -0.25) is 0 Å². The van der Waals surface area contributed by atoms with Crippen LogP contribution in [0.2, 0.25) is 0 Å². The Kier molecular flexibility index (Phi) is 8.27. The second kappa shape index (κ2) is 10.7. The summed E-state index contributed by atoms with van der Waals surface area (Å²) in [5, 5.41) is 2.83. The van der Waals surface area contributed by atoms with Crippen molar-refractivity contribution in [1.29, 1.82) is 0 Å². The molecule has 0 saturated heterocycles. The van der Waals surface area contributed by atoms with Gasteiger partial charge in [0, 0.05) is 13.1 Å². The van der Waals surface area contributed by atoms with Crippen molar-refractivity contribution in [2.24, 2.45) is 5.18 Å². The number of hydrogen-bond donors (Lipinski definition) is 0. The van der Waals surface area contributed by atoms with E-state index in [9.17, 15) is 14.1 Å². The normalized spacial score (nSPS) is 11.2. The van der Waals surface area contributed by atoms with E-state index >= 15 is 0 Å². The molecule has 0 aliphatic heterocycles. The third-order valence-corrected chi connectivity index (χ3v) is 3.94. The minimum absolute atomic E-state index is 0.00521. The molecule has 0 unspecified atom stereocenters. The number of carbonyl (C=O) groups is 1. The lowest BCUT2D eigenvalue weighted by molar-refractivity contribution is 0.0239. The molecule has 0 saturated carbocycles. The van der Waals surface area contributed by atoms with Crippen molar-refractivity contribution in [3.8, 4) is 0 Å². The zero-order chi connectivity index (χ0) is 21.3. The van der Waals surface area contributed by atoms with E-state index in [1.165, 1.54) is 17.0 Å². The molecule has 156 valence electrons. The standard InChI is InChI=1S/C22H27FN2O4/c1-22(2,3)29-21(26)25(12-11-24-27)14-17-7-9-18(10-8-17)15-28-16-19-5-4-6-20(23)13-19/h4-10,13H,11-12,14-16H2,1-3H3. The van der Waals surface area contributed by atoms with E-state index in [0.717, 1.165) is 16.7 Å². The van der Waals surface area contributed by atoms with Gasteiger partial charge in [0.15, 0.2) is 0 Å². The summed E-state index contributed by atoms with van der Waals surface area (Å²) in [6, 6.07) is 13.9. The molecule has 2 aromatic rings. The fourth-order valence-corrected chi connectivity index (χ4v) is 2.60. The minimum atomic E-state index is -0.618. The molecule has 0 aromatic heterocycles. The summed E-state index contributed by atoms with van der Waals surface area (Å²) >= 11 is 0. The average Bonchev–Trinajstić information content (AvgIpc) is 2.65. The Bertz CT molecular complexity index is 803. The highest BCUT2D eigenvalue weighted by molar-refractivity contribution is 5.68. The van der Waals surface area contributed by atoms with Crippen LogP contribution in [-0.4, -0.2) is 29.7 Å². The molecule has 0 bridgehead atoms. The second-order valence-corrected chi connectivity index (χ2v) is 7.69. The minimum Gasteiger partial charge on any atom is -0.444 e. The van der Waals surface area contributed by atoms with Gasteiger partial charge >= 0.3 is 6.09 Å². The molecule has 0 heterocycles. The number of benzene rings is 2. The average molecular weight is 402 g/mol. The van der Waals surface area contributed by atoms with E-state index in [2.05, 4.69) is 5.18 Å². The molecule has 0 spiro atoms. The third-order valence-electron chi connectivity index (χ3n) is 3.94. The summed E-state index contributed by atoms with van der Waals surface area (Å²) in [6.07, 6.45) is -0.483. The van der Waals surface area contributed by atoms with Crippen LogP contribution in [0.4, 0.5) is 9.18 Å². The molecule has 0 N–H and O–H groups in total. The van der Waals surface area contributed by atoms with Crippen LogP contribution < -0.4 is 0 Å². The van der Waals surface area contributed by atoms with Gasteiger partial charge in [-0.15, -0.1) is 0 Å². The first-order chi connectivity index (χ1) is 13.8. The molecular formula is C22H27FN2O4. The van der Waals surface area contributed by atoms with Crippen molar-refractivity contribution in [1.82, 2.24) is 4.90 Å². The van der Waals surface area contributed by atoms with E-state index in [-0.39, 0.29) is 18.9 Å². The summed E-state index contributed by atoms with van der Waals surface area (Å²) < 4.78 is 24.2. The topological polar surface area (TPSA) is 68.2 Å². The number of halogens is 1. The van der Waals surface area contributed by atoms with Gasteiger partial charge in [-0.1, -0.05) is 41.6 Å². The smallest absolute Gasteiger partial charge is 0.410 e. The van der Waals surface area contributed by atoms with Crippen molar-refractivity contribution >= 4 is 6.09 Å². The summed E-state index contributed by atoms with van der Waals surface area (Å²) in [5.41, 5.74) is 2.02. The lowest BCUT2D eigenvalue weighted by atomic mass is 10.1. The molecule has 29 heavy (non-hydrogen) atoms. The lowest BCUT2D eigenvalue weighted by Crippen LogP contribution is -2.37. The van der Waals surface area contributed by atoms with Gasteiger partial charge in [-0.25, -0.2) is 9.18 Å². The van der Waals surface area contributed by atoms with E-state index in [1.807, 2.05) is 30.3 Å². The number of nitrogens with zero attached hydrogens (tertiary/aromatic N) is 2. The number of ether oxygens (including phenoxy) is 2. The highest BCUT2D eigenvalue weighted by Gasteiger charge is 2.22. The van der Waals surface area contributed by atoms with Crippen LogP contribution in [0, 0.1) is 10.7 Å². The lowest BCUT2D eigenvalue weighted by Gasteiger charge is -2.27. The summed E-state index contributed by atoms with van der Waals surface area (Å²) in [6.45, 7) is 6.60. The van der Waals surface area contributed by atoms with Gasteiger partial charge in [0.25, 0.3) is 0 Å². The van der Waals surface area contributed by atoms with Gasteiger partial charge in [0.05, 0.1) is 19.8 Å². The Morgan fingerprint density at radius 3 is 2.31 bits per heavy atom. The van der Waals surface area contributed by atoms with Gasteiger partial charge in [0.1, 0.15) is 11.4 Å². The molecule has 7 heteroatoms. The molecule has 2 aromatic carbocycles. The van der Waals surface area contributed by atoms with Gasteiger partial charge in [0.2, 0.25) is 0 Å². The van der Waals surface area contributed by atoms with Crippen LogP contribution in [0.1, 0.15) is 37.5 Å². The number of hydrogen-bond acceptors (Lipinski definition) is 5. The Morgan fingerprint density at radius 1 is 1.03 bits per heavy atom. The monoisotopic (exact) mass is 402 g/mol. The van der Waals surface area contributed by atoms with Crippen molar-refractivity contribution in [3.05, 3.63) is 75.9 Å². The zero-order valence-corrected chi connectivity index (χ0v) is 17.1. The maximum atomic E-state index is 13.2. The van der Waals surface area contributed by atoms with Crippen molar-refractivity contribution in [3.63, 3.8) is 0 Å². The highest BCUT2D eigenvalue weighted by Crippen LogP contribution is 2.14. The largest absolute Gasteiger partial charge is 0.444 e. The maximum Gasteiger partial charge on any atom is 0.410 e. The summed E-state index contributed by atoms with van der Waals surface area (Å²) in [5.74, 6) is -0.283. The molecule has 6 nitrogen and oxygen atoms in total. The fourth-order valence-electron chi connectivity index (χ4n) is 2.60. The number of amides is 1. The van der Waals surface area contributed by atoms with Crippen LogP contribution in [-0.2, 0) is 29.2 Å². The first-order valence-electron chi connectivity index (χ1n) is 9.44. The van der Waals surface area contributed by atoms with E-state index in [4.69, 9.17) is 9.47 Å². The van der Waals surface area contributed by atoms with Gasteiger partial charge < -0.3 is 14.4 Å². The Hall–Kier alpha value is -2.80. The maximum absolute atomic E-state index is 13.2. The fraction of sp³-hybridized carbons (Fsp3) is 0.409. The van der Waals surface area contributed by atoms with E-state index < -0.39 is 11.7 Å².